The molecule has 6 heteroatoms. The van der Waals surface area contributed by atoms with Gasteiger partial charge in [-0.15, -0.1) is 11.8 Å². The Kier molecular flexibility index (Phi) is 6.37. The summed E-state index contributed by atoms with van der Waals surface area (Å²) in [7, 11) is 2.12. The number of carbonyl (C=O) groups is 2. The van der Waals surface area contributed by atoms with Crippen molar-refractivity contribution in [1.82, 2.24) is 15.1 Å². The van der Waals surface area contributed by atoms with Crippen molar-refractivity contribution in [2.75, 3.05) is 32.4 Å². The van der Waals surface area contributed by atoms with Crippen LogP contribution in [-0.2, 0) is 9.59 Å². The molecule has 2 rings (SSSR count). The fourth-order valence-electron chi connectivity index (χ4n) is 3.38. The van der Waals surface area contributed by atoms with Crippen molar-refractivity contribution in [3.8, 4) is 0 Å². The molecule has 1 N–H and O–H groups in total. The minimum Gasteiger partial charge on any atom is -0.354 e. The zero-order valence-electron chi connectivity index (χ0n) is 14.9. The zero-order valence-corrected chi connectivity index (χ0v) is 15.7. The smallest absolute Gasteiger partial charge is 0.243 e. The van der Waals surface area contributed by atoms with Crippen molar-refractivity contribution >= 4 is 23.6 Å². The van der Waals surface area contributed by atoms with Crippen LogP contribution in [-0.4, -0.2) is 65.0 Å². The first-order chi connectivity index (χ1) is 10.9. The van der Waals surface area contributed by atoms with Crippen LogP contribution in [0.15, 0.2) is 0 Å². The molecule has 0 aromatic heterocycles. The molecule has 1 atom stereocenters. The van der Waals surface area contributed by atoms with E-state index >= 15 is 0 Å². The van der Waals surface area contributed by atoms with Gasteiger partial charge in [0.25, 0.3) is 0 Å². The van der Waals surface area contributed by atoms with Gasteiger partial charge in [-0.2, -0.15) is 0 Å². The van der Waals surface area contributed by atoms with E-state index in [2.05, 4.69) is 31.1 Å². The van der Waals surface area contributed by atoms with Gasteiger partial charge in [-0.05, 0) is 32.2 Å². The number of hydrogen-bond donors (Lipinski definition) is 1. The Morgan fingerprint density at radius 2 is 1.96 bits per heavy atom. The van der Waals surface area contributed by atoms with E-state index in [0.717, 1.165) is 38.1 Å². The second-order valence-electron chi connectivity index (χ2n) is 7.17. The highest BCUT2D eigenvalue weighted by molar-refractivity contribution is 8.01. The van der Waals surface area contributed by atoms with Crippen molar-refractivity contribution in [2.45, 2.75) is 57.4 Å². The molecule has 2 fully saturated rings. The molecule has 0 aliphatic carbocycles. The summed E-state index contributed by atoms with van der Waals surface area (Å²) in [6, 6.07) is -0.303. The number of likely N-dealkylation sites (tertiary alicyclic amines) is 1. The van der Waals surface area contributed by atoms with Crippen molar-refractivity contribution < 1.29 is 9.59 Å². The molecule has 0 aromatic carbocycles. The molecule has 1 spiro atoms. The molecule has 0 aromatic rings. The fraction of sp³-hybridized carbons (Fsp3) is 0.882. The lowest BCUT2D eigenvalue weighted by atomic mass is 10.00. The predicted octanol–water partition coefficient (Wildman–Crippen LogP) is 1.92. The maximum atomic E-state index is 12.6. The van der Waals surface area contributed by atoms with E-state index in [9.17, 15) is 9.59 Å². The van der Waals surface area contributed by atoms with Crippen molar-refractivity contribution in [3.63, 3.8) is 0 Å². The molecule has 5 nitrogen and oxygen atoms in total. The molecule has 2 saturated heterocycles. The number of nitrogens with zero attached hydrogens (tertiary/aromatic N) is 2. The van der Waals surface area contributed by atoms with Gasteiger partial charge in [0.1, 0.15) is 6.04 Å². The Labute approximate surface area is 144 Å². The van der Waals surface area contributed by atoms with Crippen molar-refractivity contribution in [1.29, 1.82) is 0 Å². The van der Waals surface area contributed by atoms with Crippen LogP contribution in [0, 0.1) is 5.92 Å². The summed E-state index contributed by atoms with van der Waals surface area (Å²) in [4.78, 5) is 29.3. The van der Waals surface area contributed by atoms with Crippen LogP contribution in [0.4, 0.5) is 0 Å². The van der Waals surface area contributed by atoms with E-state index in [1.807, 2.05) is 23.6 Å². The Bertz CT molecular complexity index is 434. The van der Waals surface area contributed by atoms with Gasteiger partial charge in [0.05, 0.1) is 4.87 Å². The Morgan fingerprint density at radius 1 is 1.30 bits per heavy atom. The Balaban J connectivity index is 2.07. The summed E-state index contributed by atoms with van der Waals surface area (Å²) in [5.41, 5.74) is 0. The Hall–Kier alpha value is -0.750. The minimum atomic E-state index is -0.303. The van der Waals surface area contributed by atoms with Gasteiger partial charge in [0.15, 0.2) is 0 Å². The van der Waals surface area contributed by atoms with E-state index < -0.39 is 0 Å². The third-order valence-electron chi connectivity index (χ3n) is 4.92. The van der Waals surface area contributed by atoms with Crippen LogP contribution in [0.5, 0.6) is 0 Å². The first kappa shape index (κ1) is 18.6. The van der Waals surface area contributed by atoms with Gasteiger partial charge < -0.3 is 15.1 Å². The van der Waals surface area contributed by atoms with Gasteiger partial charge in [-0.3, -0.25) is 9.59 Å². The third kappa shape index (κ3) is 4.21. The standard InChI is InChI=1S/C17H31N3O2S/c1-5-15(21)20-14(16(22)18-9-6-13(2)3)12-23-17(20)7-10-19(4)11-8-17/h13-14H,5-12H2,1-4H3,(H,18,22). The highest BCUT2D eigenvalue weighted by Gasteiger charge is 2.52. The van der Waals surface area contributed by atoms with Gasteiger partial charge in [-0.25, -0.2) is 0 Å². The predicted molar refractivity (Wildman–Crippen MR) is 95.3 cm³/mol. The molecule has 2 heterocycles. The lowest BCUT2D eigenvalue weighted by Gasteiger charge is -2.44. The molecule has 2 amide bonds. The van der Waals surface area contributed by atoms with Gasteiger partial charge in [0.2, 0.25) is 11.8 Å². The number of hydrogen-bond acceptors (Lipinski definition) is 4. The topological polar surface area (TPSA) is 52.7 Å². The summed E-state index contributed by atoms with van der Waals surface area (Å²) in [5.74, 6) is 1.43. The van der Waals surface area contributed by atoms with Gasteiger partial charge in [-0.1, -0.05) is 20.8 Å². The maximum absolute atomic E-state index is 12.6. The molecular formula is C17H31N3O2S. The van der Waals surface area contributed by atoms with Crippen LogP contribution < -0.4 is 5.32 Å². The van der Waals surface area contributed by atoms with E-state index in [0.29, 0.717) is 18.9 Å². The molecule has 0 saturated carbocycles. The Morgan fingerprint density at radius 3 is 2.52 bits per heavy atom. The molecular weight excluding hydrogens is 310 g/mol. The van der Waals surface area contributed by atoms with E-state index in [1.165, 1.54) is 0 Å². The third-order valence-corrected chi connectivity index (χ3v) is 6.55. The number of nitrogens with one attached hydrogen (secondary N) is 1. The molecule has 132 valence electrons. The highest BCUT2D eigenvalue weighted by Crippen LogP contribution is 2.46. The average molecular weight is 342 g/mol. The van der Waals surface area contributed by atoms with Gasteiger partial charge >= 0.3 is 0 Å². The lowest BCUT2D eigenvalue weighted by Crippen LogP contribution is -2.57. The number of carbonyl (C=O) groups excluding carboxylic acids is 2. The summed E-state index contributed by atoms with van der Waals surface area (Å²) in [5, 5.41) is 3.04. The van der Waals surface area contributed by atoms with Crippen molar-refractivity contribution in [2.24, 2.45) is 5.92 Å². The summed E-state index contributed by atoms with van der Waals surface area (Å²) >= 11 is 1.81. The molecule has 0 radical (unpaired) electrons. The second kappa shape index (κ2) is 7.88. The summed E-state index contributed by atoms with van der Waals surface area (Å²) in [6.45, 7) is 8.86. The lowest BCUT2D eigenvalue weighted by molar-refractivity contribution is -0.143. The van der Waals surface area contributed by atoms with E-state index in [4.69, 9.17) is 0 Å². The quantitative estimate of drug-likeness (QED) is 0.830. The van der Waals surface area contributed by atoms with Crippen molar-refractivity contribution in [3.05, 3.63) is 0 Å². The van der Waals surface area contributed by atoms with Crippen LogP contribution in [0.3, 0.4) is 0 Å². The SMILES string of the molecule is CCC(=O)N1C(C(=O)NCCC(C)C)CSC12CCN(C)CC2. The van der Waals surface area contributed by atoms with Crippen LogP contribution >= 0.6 is 11.8 Å². The molecule has 23 heavy (non-hydrogen) atoms. The first-order valence-electron chi connectivity index (χ1n) is 8.82. The summed E-state index contributed by atoms with van der Waals surface area (Å²) < 4.78 is 0. The number of rotatable bonds is 5. The largest absolute Gasteiger partial charge is 0.354 e. The monoisotopic (exact) mass is 341 g/mol. The minimum absolute atomic E-state index is 0.0238. The van der Waals surface area contributed by atoms with E-state index in [-0.39, 0.29) is 22.7 Å². The normalized spacial score (nSPS) is 24.4. The number of piperidine rings is 1. The average Bonchev–Trinajstić information content (AvgIpc) is 2.88. The number of thioether (sulfide) groups is 1. The second-order valence-corrected chi connectivity index (χ2v) is 8.55. The highest BCUT2D eigenvalue weighted by atomic mass is 32.2. The van der Waals surface area contributed by atoms with Gasteiger partial charge in [0, 0.05) is 31.8 Å². The molecule has 2 aliphatic heterocycles. The fourth-order valence-corrected chi connectivity index (χ4v) is 4.99. The number of amides is 2. The molecule has 0 bridgehead atoms. The summed E-state index contributed by atoms with van der Waals surface area (Å²) in [6.07, 6.45) is 3.35. The zero-order chi connectivity index (χ0) is 17.0. The van der Waals surface area contributed by atoms with Crippen LogP contribution in [0.1, 0.15) is 46.5 Å². The van der Waals surface area contributed by atoms with Crippen LogP contribution in [0.25, 0.3) is 0 Å². The first-order valence-corrected chi connectivity index (χ1v) is 9.80. The maximum Gasteiger partial charge on any atom is 0.243 e. The van der Waals surface area contributed by atoms with Crippen LogP contribution in [0.2, 0.25) is 0 Å². The molecule has 1 unspecified atom stereocenters. The molecule has 2 aliphatic rings. The van der Waals surface area contributed by atoms with E-state index in [1.54, 1.807) is 0 Å².